The molecule has 1 atom stereocenters. The maximum Gasteiger partial charge on any atom is 0.254 e. The molecule has 17 heavy (non-hydrogen) atoms. The predicted molar refractivity (Wildman–Crippen MR) is 63.4 cm³/mol. The van der Waals surface area contributed by atoms with Gasteiger partial charge in [0, 0.05) is 6.42 Å². The zero-order chi connectivity index (χ0) is 12.1. The van der Waals surface area contributed by atoms with E-state index in [9.17, 15) is 4.79 Å². The summed E-state index contributed by atoms with van der Waals surface area (Å²) >= 11 is 0. The molecule has 1 aliphatic heterocycles. The van der Waals surface area contributed by atoms with Gasteiger partial charge in [-0.05, 0) is 31.4 Å². The Morgan fingerprint density at radius 3 is 3.06 bits per heavy atom. The number of amides is 1. The summed E-state index contributed by atoms with van der Waals surface area (Å²) in [5.74, 6) is 1.36. The second-order valence-electron chi connectivity index (χ2n) is 4.39. The number of fused-ring (bicyclic) bond motifs is 2. The van der Waals surface area contributed by atoms with Gasteiger partial charge in [0.15, 0.2) is 0 Å². The third kappa shape index (κ3) is 3.09. The highest BCUT2D eigenvalue weighted by atomic mass is 16.6. The Kier molecular flexibility index (Phi) is 4.20. The molecule has 0 saturated heterocycles. The van der Waals surface area contributed by atoms with Crippen LogP contribution in [-0.4, -0.2) is 12.5 Å². The van der Waals surface area contributed by atoms with Crippen molar-refractivity contribution < 1.29 is 14.0 Å². The summed E-state index contributed by atoms with van der Waals surface area (Å²) < 4.78 is 5.71. The van der Waals surface area contributed by atoms with Crippen molar-refractivity contribution in [2.75, 3.05) is 6.61 Å². The van der Waals surface area contributed by atoms with E-state index in [1.165, 1.54) is 0 Å². The lowest BCUT2D eigenvalue weighted by Crippen LogP contribution is -2.29. The fourth-order valence-corrected chi connectivity index (χ4v) is 2.08. The van der Waals surface area contributed by atoms with Gasteiger partial charge in [0.1, 0.15) is 11.5 Å². The zero-order valence-corrected chi connectivity index (χ0v) is 10.2. The van der Waals surface area contributed by atoms with Gasteiger partial charge in [-0.15, -0.1) is 0 Å². The molecule has 0 aliphatic carbocycles. The molecule has 0 spiro atoms. The Hall–Kier alpha value is -1.29. The van der Waals surface area contributed by atoms with Crippen molar-refractivity contribution >= 4 is 5.91 Å². The first-order valence-electron chi connectivity index (χ1n) is 6.31. The smallest absolute Gasteiger partial charge is 0.254 e. The standard InChI is InChI=1S/C13H19NO3/c1-2-11-12-8-7-10(17-12)6-4-3-5-9-16-14-13(11)15/h7-8,11H,2-6,9H2,1H3,(H,14,15). The number of rotatable bonds is 1. The minimum absolute atomic E-state index is 0.117. The number of furan rings is 1. The van der Waals surface area contributed by atoms with Gasteiger partial charge in [0.2, 0.25) is 0 Å². The fourth-order valence-electron chi connectivity index (χ4n) is 2.08. The monoisotopic (exact) mass is 237 g/mol. The summed E-state index contributed by atoms with van der Waals surface area (Å²) in [7, 11) is 0. The third-order valence-corrected chi connectivity index (χ3v) is 3.09. The normalized spacial score (nSPS) is 22.4. The van der Waals surface area contributed by atoms with Crippen LogP contribution < -0.4 is 5.48 Å². The summed E-state index contributed by atoms with van der Waals surface area (Å²) in [6.07, 6.45) is 4.80. The first-order valence-corrected chi connectivity index (χ1v) is 6.31. The lowest BCUT2D eigenvalue weighted by Gasteiger charge is -2.13. The number of aryl methyl sites for hydroxylation is 1. The van der Waals surface area contributed by atoms with Gasteiger partial charge in [-0.25, -0.2) is 5.48 Å². The average Bonchev–Trinajstić information content (AvgIpc) is 2.76. The second-order valence-corrected chi connectivity index (χ2v) is 4.39. The van der Waals surface area contributed by atoms with E-state index in [4.69, 9.17) is 9.25 Å². The van der Waals surface area contributed by atoms with Gasteiger partial charge in [-0.2, -0.15) is 0 Å². The highest BCUT2D eigenvalue weighted by molar-refractivity contribution is 5.81. The predicted octanol–water partition coefficient (Wildman–Crippen LogP) is 2.55. The minimum Gasteiger partial charge on any atom is -0.465 e. The van der Waals surface area contributed by atoms with Gasteiger partial charge in [-0.1, -0.05) is 13.3 Å². The highest BCUT2D eigenvalue weighted by Gasteiger charge is 2.22. The number of carbonyl (C=O) groups excluding carboxylic acids is 1. The highest BCUT2D eigenvalue weighted by Crippen LogP contribution is 2.23. The summed E-state index contributed by atoms with van der Waals surface area (Å²) in [6, 6.07) is 3.88. The molecule has 0 radical (unpaired) electrons. The molecule has 0 saturated carbocycles. The summed E-state index contributed by atoms with van der Waals surface area (Å²) in [4.78, 5) is 17.0. The molecule has 2 rings (SSSR count). The lowest BCUT2D eigenvalue weighted by molar-refractivity contribution is -0.135. The Labute approximate surface area is 101 Å². The summed E-state index contributed by atoms with van der Waals surface area (Å²) in [5, 5.41) is 0. The molecule has 1 aromatic rings. The third-order valence-electron chi connectivity index (χ3n) is 3.09. The van der Waals surface area contributed by atoms with E-state index in [-0.39, 0.29) is 11.8 Å². The van der Waals surface area contributed by atoms with Crippen LogP contribution >= 0.6 is 0 Å². The van der Waals surface area contributed by atoms with Crippen LogP contribution in [0, 0.1) is 0 Å². The van der Waals surface area contributed by atoms with Crippen LogP contribution in [0.4, 0.5) is 0 Å². The molecule has 1 unspecified atom stereocenters. The van der Waals surface area contributed by atoms with Crippen LogP contribution in [0.2, 0.25) is 0 Å². The quantitative estimate of drug-likeness (QED) is 0.816. The largest absolute Gasteiger partial charge is 0.465 e. The topological polar surface area (TPSA) is 51.5 Å². The van der Waals surface area contributed by atoms with Crippen molar-refractivity contribution in [1.29, 1.82) is 0 Å². The number of hydroxylamine groups is 1. The molecule has 2 heterocycles. The van der Waals surface area contributed by atoms with Crippen LogP contribution in [0.15, 0.2) is 16.5 Å². The zero-order valence-electron chi connectivity index (χ0n) is 10.2. The minimum atomic E-state index is -0.247. The maximum absolute atomic E-state index is 11.9. The first kappa shape index (κ1) is 12.2. The van der Waals surface area contributed by atoms with E-state index < -0.39 is 0 Å². The van der Waals surface area contributed by atoms with Gasteiger partial charge in [0.25, 0.3) is 5.91 Å². The molecule has 2 bridgehead atoms. The van der Waals surface area contributed by atoms with Crippen LogP contribution in [-0.2, 0) is 16.1 Å². The van der Waals surface area contributed by atoms with Crippen molar-refractivity contribution in [2.45, 2.75) is 44.9 Å². The Balaban J connectivity index is 2.16. The average molecular weight is 237 g/mol. The SMILES string of the molecule is CCC1C(=O)NOCCCCCc2ccc1o2. The number of hydrogen-bond donors (Lipinski definition) is 1. The van der Waals surface area contributed by atoms with Crippen LogP contribution in [0.1, 0.15) is 50.0 Å². The Bertz CT molecular complexity index is 372. The van der Waals surface area contributed by atoms with Gasteiger partial charge in [0.05, 0.1) is 12.5 Å². The molecular weight excluding hydrogens is 218 g/mol. The lowest BCUT2D eigenvalue weighted by atomic mass is 10.0. The summed E-state index contributed by atoms with van der Waals surface area (Å²) in [5.41, 5.74) is 2.50. The molecular formula is C13H19NO3. The number of carbonyl (C=O) groups is 1. The van der Waals surface area contributed by atoms with Gasteiger partial charge >= 0.3 is 0 Å². The molecule has 1 aliphatic rings. The first-order chi connectivity index (χ1) is 8.31. The maximum atomic E-state index is 11.9. The van der Waals surface area contributed by atoms with Crippen LogP contribution in [0.25, 0.3) is 0 Å². The molecule has 0 aromatic carbocycles. The number of hydrogen-bond acceptors (Lipinski definition) is 3. The molecule has 94 valence electrons. The van der Waals surface area contributed by atoms with E-state index in [0.717, 1.165) is 37.2 Å². The molecule has 4 nitrogen and oxygen atoms in total. The van der Waals surface area contributed by atoms with Gasteiger partial charge < -0.3 is 4.42 Å². The van der Waals surface area contributed by atoms with Crippen molar-refractivity contribution in [1.82, 2.24) is 5.48 Å². The van der Waals surface area contributed by atoms with E-state index in [2.05, 4.69) is 5.48 Å². The van der Waals surface area contributed by atoms with Gasteiger partial charge in [-0.3, -0.25) is 9.63 Å². The van der Waals surface area contributed by atoms with Crippen molar-refractivity contribution in [3.8, 4) is 0 Å². The fraction of sp³-hybridized carbons (Fsp3) is 0.615. The van der Waals surface area contributed by atoms with Crippen molar-refractivity contribution in [2.24, 2.45) is 0 Å². The molecule has 0 fully saturated rings. The van der Waals surface area contributed by atoms with Crippen molar-refractivity contribution in [3.05, 3.63) is 23.7 Å². The second kappa shape index (κ2) is 5.87. The van der Waals surface area contributed by atoms with E-state index >= 15 is 0 Å². The Morgan fingerprint density at radius 2 is 2.24 bits per heavy atom. The van der Waals surface area contributed by atoms with Crippen LogP contribution in [0.3, 0.4) is 0 Å². The van der Waals surface area contributed by atoms with Crippen LogP contribution in [0.5, 0.6) is 0 Å². The van der Waals surface area contributed by atoms with Crippen molar-refractivity contribution in [3.63, 3.8) is 0 Å². The number of nitrogens with one attached hydrogen (secondary N) is 1. The Morgan fingerprint density at radius 1 is 1.35 bits per heavy atom. The van der Waals surface area contributed by atoms with E-state index in [1.807, 2.05) is 19.1 Å². The molecule has 4 heteroatoms. The molecule has 1 amide bonds. The van der Waals surface area contributed by atoms with E-state index in [1.54, 1.807) is 0 Å². The molecule has 1 N–H and O–H groups in total. The summed E-state index contributed by atoms with van der Waals surface area (Å²) in [6.45, 7) is 2.55. The van der Waals surface area contributed by atoms with E-state index in [0.29, 0.717) is 13.0 Å². The molecule has 1 aromatic heterocycles.